The first-order valence-corrected chi connectivity index (χ1v) is 6.11. The Morgan fingerprint density at radius 3 is 2.29 bits per heavy atom. The molecule has 0 aliphatic rings. The van der Waals surface area contributed by atoms with Gasteiger partial charge < -0.3 is 10.8 Å². The van der Waals surface area contributed by atoms with E-state index >= 15 is 0 Å². The predicted molar refractivity (Wildman–Crippen MR) is 71.1 cm³/mol. The van der Waals surface area contributed by atoms with Gasteiger partial charge in [0.05, 0.1) is 5.56 Å². The number of nitrogens with two attached hydrogens (primary N) is 1. The van der Waals surface area contributed by atoms with Crippen LogP contribution in [-0.2, 0) is 6.18 Å². The van der Waals surface area contributed by atoms with Crippen LogP contribution in [0.15, 0.2) is 36.4 Å². The first-order chi connectivity index (χ1) is 9.70. The summed E-state index contributed by atoms with van der Waals surface area (Å²) in [6.07, 6.45) is -5.74. The lowest BCUT2D eigenvalue weighted by Crippen LogP contribution is -2.09. The molecule has 0 aliphatic heterocycles. The van der Waals surface area contributed by atoms with E-state index in [-0.39, 0.29) is 22.4 Å². The molecule has 0 heterocycles. The molecule has 0 saturated heterocycles. The zero-order chi connectivity index (χ0) is 15.8. The van der Waals surface area contributed by atoms with Crippen LogP contribution in [0.3, 0.4) is 0 Å². The van der Waals surface area contributed by atoms with Crippen molar-refractivity contribution in [2.24, 2.45) is 0 Å². The molecule has 21 heavy (non-hydrogen) atoms. The van der Waals surface area contributed by atoms with Crippen LogP contribution in [0.5, 0.6) is 0 Å². The SMILES string of the molecule is Cc1cc(C(F)(F)F)ccc1C(O)c1cc(F)ccc1N. The molecule has 0 spiro atoms. The number of aliphatic hydroxyl groups is 1. The van der Waals surface area contributed by atoms with Crippen molar-refractivity contribution in [1.29, 1.82) is 0 Å². The van der Waals surface area contributed by atoms with Gasteiger partial charge in [-0.25, -0.2) is 4.39 Å². The third kappa shape index (κ3) is 3.16. The summed E-state index contributed by atoms with van der Waals surface area (Å²) in [4.78, 5) is 0. The van der Waals surface area contributed by atoms with Crippen LogP contribution in [0.25, 0.3) is 0 Å². The summed E-state index contributed by atoms with van der Waals surface area (Å²) < 4.78 is 51.1. The van der Waals surface area contributed by atoms with E-state index in [4.69, 9.17) is 5.73 Å². The molecular weight excluding hydrogens is 286 g/mol. The van der Waals surface area contributed by atoms with E-state index in [9.17, 15) is 22.7 Å². The monoisotopic (exact) mass is 299 g/mol. The number of aryl methyl sites for hydroxylation is 1. The van der Waals surface area contributed by atoms with E-state index in [2.05, 4.69) is 0 Å². The molecule has 0 amide bonds. The van der Waals surface area contributed by atoms with Crippen molar-refractivity contribution >= 4 is 5.69 Å². The third-order valence-electron chi connectivity index (χ3n) is 3.24. The summed E-state index contributed by atoms with van der Waals surface area (Å²) in [5, 5.41) is 10.2. The van der Waals surface area contributed by atoms with E-state index in [1.54, 1.807) is 0 Å². The molecule has 2 aromatic carbocycles. The maximum atomic E-state index is 13.2. The highest BCUT2D eigenvalue weighted by atomic mass is 19.4. The number of rotatable bonds is 2. The average Bonchev–Trinajstić information content (AvgIpc) is 2.39. The fraction of sp³-hybridized carbons (Fsp3) is 0.200. The number of halogens is 4. The number of benzene rings is 2. The second-order valence-corrected chi connectivity index (χ2v) is 4.74. The zero-order valence-corrected chi connectivity index (χ0v) is 11.1. The first kappa shape index (κ1) is 15.3. The van der Waals surface area contributed by atoms with Crippen LogP contribution in [0.4, 0.5) is 23.2 Å². The number of hydrogen-bond acceptors (Lipinski definition) is 2. The Balaban J connectivity index is 2.44. The van der Waals surface area contributed by atoms with E-state index in [1.165, 1.54) is 19.1 Å². The van der Waals surface area contributed by atoms with Gasteiger partial charge in [-0.1, -0.05) is 6.07 Å². The fourth-order valence-corrected chi connectivity index (χ4v) is 2.11. The van der Waals surface area contributed by atoms with Crippen LogP contribution in [-0.4, -0.2) is 5.11 Å². The van der Waals surface area contributed by atoms with Crippen molar-refractivity contribution in [3.8, 4) is 0 Å². The van der Waals surface area contributed by atoms with E-state index in [0.29, 0.717) is 0 Å². The van der Waals surface area contributed by atoms with Gasteiger partial charge in [0, 0.05) is 11.3 Å². The van der Waals surface area contributed by atoms with Crippen LogP contribution in [0.1, 0.15) is 28.4 Å². The zero-order valence-electron chi connectivity index (χ0n) is 11.1. The summed E-state index contributed by atoms with van der Waals surface area (Å²) in [6.45, 7) is 1.45. The van der Waals surface area contributed by atoms with Crippen molar-refractivity contribution in [1.82, 2.24) is 0 Å². The highest BCUT2D eigenvalue weighted by Crippen LogP contribution is 2.34. The van der Waals surface area contributed by atoms with Crippen molar-refractivity contribution in [3.05, 3.63) is 64.5 Å². The van der Waals surface area contributed by atoms with Gasteiger partial charge in [0.1, 0.15) is 11.9 Å². The molecule has 0 radical (unpaired) electrons. The Morgan fingerprint density at radius 1 is 1.05 bits per heavy atom. The standard InChI is InChI=1S/C15H13F4NO/c1-8-6-9(15(17,18)19)2-4-11(8)14(21)12-7-10(16)3-5-13(12)20/h2-7,14,21H,20H2,1H3. The number of hydrogen-bond donors (Lipinski definition) is 2. The Kier molecular flexibility index (Phi) is 3.91. The van der Waals surface area contributed by atoms with Crippen LogP contribution < -0.4 is 5.73 Å². The second-order valence-electron chi connectivity index (χ2n) is 4.74. The van der Waals surface area contributed by atoms with Gasteiger partial charge in [-0.15, -0.1) is 0 Å². The molecule has 6 heteroatoms. The Labute approximate surface area is 118 Å². The van der Waals surface area contributed by atoms with Gasteiger partial charge in [-0.3, -0.25) is 0 Å². The Bertz CT molecular complexity index is 667. The fourth-order valence-electron chi connectivity index (χ4n) is 2.11. The quantitative estimate of drug-likeness (QED) is 0.654. The van der Waals surface area contributed by atoms with E-state index in [0.717, 1.165) is 24.3 Å². The third-order valence-corrected chi connectivity index (χ3v) is 3.24. The van der Waals surface area contributed by atoms with Crippen LogP contribution >= 0.6 is 0 Å². The van der Waals surface area contributed by atoms with Crippen LogP contribution in [0.2, 0.25) is 0 Å². The normalized spacial score (nSPS) is 13.2. The number of anilines is 1. The first-order valence-electron chi connectivity index (χ1n) is 6.11. The smallest absolute Gasteiger partial charge is 0.398 e. The number of aliphatic hydroxyl groups excluding tert-OH is 1. The largest absolute Gasteiger partial charge is 0.416 e. The number of nitrogen functional groups attached to an aromatic ring is 1. The van der Waals surface area contributed by atoms with Crippen molar-refractivity contribution in [3.63, 3.8) is 0 Å². The van der Waals surface area contributed by atoms with Gasteiger partial charge in [-0.2, -0.15) is 13.2 Å². The van der Waals surface area contributed by atoms with Gasteiger partial charge >= 0.3 is 6.18 Å². The van der Waals surface area contributed by atoms with Crippen molar-refractivity contribution in [2.75, 3.05) is 5.73 Å². The van der Waals surface area contributed by atoms with E-state index in [1.807, 2.05) is 0 Å². The average molecular weight is 299 g/mol. The second kappa shape index (κ2) is 5.37. The molecule has 2 nitrogen and oxygen atoms in total. The maximum absolute atomic E-state index is 13.2. The maximum Gasteiger partial charge on any atom is 0.416 e. The summed E-state index contributed by atoms with van der Waals surface area (Å²) in [6, 6.07) is 6.50. The van der Waals surface area contributed by atoms with Gasteiger partial charge in [0.25, 0.3) is 0 Å². The van der Waals surface area contributed by atoms with Gasteiger partial charge in [0.2, 0.25) is 0 Å². The molecular formula is C15H13F4NO. The molecule has 1 unspecified atom stereocenters. The number of alkyl halides is 3. The molecule has 0 aliphatic carbocycles. The molecule has 0 aromatic heterocycles. The van der Waals surface area contributed by atoms with Gasteiger partial charge in [-0.05, 0) is 48.4 Å². The lowest BCUT2D eigenvalue weighted by atomic mass is 9.95. The molecule has 0 saturated carbocycles. The lowest BCUT2D eigenvalue weighted by Gasteiger charge is -2.17. The molecule has 0 fully saturated rings. The summed E-state index contributed by atoms with van der Waals surface area (Å²) in [5.74, 6) is -0.581. The molecule has 1 atom stereocenters. The molecule has 0 bridgehead atoms. The Morgan fingerprint density at radius 2 is 1.71 bits per heavy atom. The minimum Gasteiger partial charge on any atom is -0.398 e. The lowest BCUT2D eigenvalue weighted by molar-refractivity contribution is -0.137. The van der Waals surface area contributed by atoms with Crippen molar-refractivity contribution < 1.29 is 22.7 Å². The minimum atomic E-state index is -4.45. The predicted octanol–water partition coefficient (Wildman–Crippen LogP) is 3.82. The molecule has 3 N–H and O–H groups in total. The highest BCUT2D eigenvalue weighted by Gasteiger charge is 2.31. The van der Waals surface area contributed by atoms with Gasteiger partial charge in [0.15, 0.2) is 0 Å². The van der Waals surface area contributed by atoms with E-state index < -0.39 is 23.7 Å². The molecule has 2 rings (SSSR count). The summed E-state index contributed by atoms with van der Waals surface area (Å²) in [5.41, 5.74) is 5.66. The Hall–Kier alpha value is -2.08. The molecule has 2 aromatic rings. The van der Waals surface area contributed by atoms with Crippen LogP contribution in [0, 0.1) is 12.7 Å². The minimum absolute atomic E-state index is 0.123. The topological polar surface area (TPSA) is 46.2 Å². The summed E-state index contributed by atoms with van der Waals surface area (Å²) >= 11 is 0. The highest BCUT2D eigenvalue weighted by molar-refractivity contribution is 5.52. The summed E-state index contributed by atoms with van der Waals surface area (Å²) in [7, 11) is 0. The van der Waals surface area contributed by atoms with Crippen molar-refractivity contribution in [2.45, 2.75) is 19.2 Å². The molecule has 112 valence electrons.